The number of fused-ring (bicyclic) bond motifs is 1. The van der Waals surface area contributed by atoms with Crippen molar-refractivity contribution in [1.82, 2.24) is 5.32 Å². The van der Waals surface area contributed by atoms with E-state index in [4.69, 9.17) is 0 Å². The minimum Gasteiger partial charge on any atom is -0.316 e. The molecule has 1 N–H and O–H groups in total. The van der Waals surface area contributed by atoms with Crippen molar-refractivity contribution in [1.29, 1.82) is 0 Å². The molecule has 3 rings (SSSR count). The number of carbonyl (C=O) groups excluding carboxylic acids is 1. The van der Waals surface area contributed by atoms with E-state index in [0.29, 0.717) is 11.9 Å². The molecule has 102 valence electrons. The van der Waals surface area contributed by atoms with Crippen LogP contribution in [0.4, 0.5) is 5.69 Å². The van der Waals surface area contributed by atoms with Gasteiger partial charge in [0.25, 0.3) is 0 Å². The Bertz CT molecular complexity index is 466. The standard InChI is InChI=1S/C16H22N2O/c1-12-8-9-13-5-2-3-7-15(13)18(12)16(19)14-6-4-10-17-11-14/h2-3,5,7,12,14,17H,4,6,8-11H2,1H3/t12?,14-/m0/s1. The van der Waals surface area contributed by atoms with Crippen LogP contribution in [0.1, 0.15) is 31.7 Å². The van der Waals surface area contributed by atoms with Gasteiger partial charge in [0.15, 0.2) is 0 Å². The number of para-hydroxylation sites is 1. The first-order valence-corrected chi connectivity index (χ1v) is 7.39. The van der Waals surface area contributed by atoms with Crippen molar-refractivity contribution in [2.45, 2.75) is 38.6 Å². The molecule has 1 amide bonds. The third-order valence-corrected chi connectivity index (χ3v) is 4.41. The molecular formula is C16H22N2O. The van der Waals surface area contributed by atoms with Gasteiger partial charge in [-0.3, -0.25) is 4.79 Å². The van der Waals surface area contributed by atoms with Crippen molar-refractivity contribution >= 4 is 11.6 Å². The van der Waals surface area contributed by atoms with Crippen molar-refractivity contribution in [2.24, 2.45) is 5.92 Å². The highest BCUT2D eigenvalue weighted by atomic mass is 16.2. The highest BCUT2D eigenvalue weighted by Crippen LogP contribution is 2.32. The van der Waals surface area contributed by atoms with E-state index in [0.717, 1.165) is 44.5 Å². The average molecular weight is 258 g/mol. The molecule has 0 aliphatic carbocycles. The summed E-state index contributed by atoms with van der Waals surface area (Å²) >= 11 is 0. The second-order valence-corrected chi connectivity index (χ2v) is 5.77. The van der Waals surface area contributed by atoms with Gasteiger partial charge >= 0.3 is 0 Å². The van der Waals surface area contributed by atoms with Crippen LogP contribution in [-0.4, -0.2) is 25.0 Å². The molecule has 3 heteroatoms. The second kappa shape index (κ2) is 5.33. The molecule has 1 aromatic carbocycles. The van der Waals surface area contributed by atoms with Gasteiger partial charge in [-0.1, -0.05) is 18.2 Å². The third kappa shape index (κ3) is 2.39. The zero-order valence-electron chi connectivity index (χ0n) is 11.6. The molecule has 0 spiro atoms. The van der Waals surface area contributed by atoms with Gasteiger partial charge in [-0.15, -0.1) is 0 Å². The Morgan fingerprint density at radius 2 is 2.16 bits per heavy atom. The monoisotopic (exact) mass is 258 g/mol. The van der Waals surface area contributed by atoms with E-state index in [2.05, 4.69) is 35.3 Å². The summed E-state index contributed by atoms with van der Waals surface area (Å²) in [5, 5.41) is 3.35. The predicted molar refractivity (Wildman–Crippen MR) is 77.3 cm³/mol. The molecule has 1 fully saturated rings. The number of hydrogen-bond donors (Lipinski definition) is 1. The number of piperidine rings is 1. The Kier molecular flexibility index (Phi) is 3.56. The molecule has 0 radical (unpaired) electrons. The van der Waals surface area contributed by atoms with Crippen molar-refractivity contribution in [3.8, 4) is 0 Å². The number of hydrogen-bond acceptors (Lipinski definition) is 2. The fourth-order valence-electron chi connectivity index (χ4n) is 3.28. The lowest BCUT2D eigenvalue weighted by Gasteiger charge is -2.38. The summed E-state index contributed by atoms with van der Waals surface area (Å²) in [5.41, 5.74) is 2.45. The van der Waals surface area contributed by atoms with Crippen LogP contribution in [0.3, 0.4) is 0 Å². The third-order valence-electron chi connectivity index (χ3n) is 4.41. The molecule has 2 atom stereocenters. The minimum atomic E-state index is 0.155. The first-order chi connectivity index (χ1) is 9.27. The zero-order valence-corrected chi connectivity index (χ0v) is 11.6. The summed E-state index contributed by atoms with van der Waals surface area (Å²) in [4.78, 5) is 14.9. The normalized spacial score (nSPS) is 26.9. The number of rotatable bonds is 1. The summed E-state index contributed by atoms with van der Waals surface area (Å²) in [6.07, 6.45) is 4.30. The van der Waals surface area contributed by atoms with Crippen LogP contribution in [0, 0.1) is 5.92 Å². The fraction of sp³-hybridized carbons (Fsp3) is 0.562. The molecule has 0 saturated carbocycles. The first kappa shape index (κ1) is 12.7. The van der Waals surface area contributed by atoms with Crippen molar-refractivity contribution in [2.75, 3.05) is 18.0 Å². The number of nitrogens with zero attached hydrogens (tertiary/aromatic N) is 1. The molecule has 19 heavy (non-hydrogen) atoms. The summed E-state index contributed by atoms with van der Waals surface area (Å²) < 4.78 is 0. The van der Waals surface area contributed by atoms with E-state index in [9.17, 15) is 4.79 Å². The molecule has 1 unspecified atom stereocenters. The zero-order chi connectivity index (χ0) is 13.2. The van der Waals surface area contributed by atoms with E-state index >= 15 is 0 Å². The van der Waals surface area contributed by atoms with Crippen molar-refractivity contribution in [3.63, 3.8) is 0 Å². The second-order valence-electron chi connectivity index (χ2n) is 5.77. The lowest BCUT2D eigenvalue weighted by atomic mass is 9.92. The van der Waals surface area contributed by atoms with E-state index in [1.54, 1.807) is 0 Å². The van der Waals surface area contributed by atoms with Gasteiger partial charge in [-0.05, 0) is 50.8 Å². The number of benzene rings is 1. The van der Waals surface area contributed by atoms with E-state index in [1.165, 1.54) is 5.56 Å². The Morgan fingerprint density at radius 1 is 1.32 bits per heavy atom. The molecule has 3 nitrogen and oxygen atoms in total. The summed E-state index contributed by atoms with van der Waals surface area (Å²) in [6, 6.07) is 8.68. The fourth-order valence-corrected chi connectivity index (χ4v) is 3.28. The summed E-state index contributed by atoms with van der Waals surface area (Å²) in [5.74, 6) is 0.467. The van der Waals surface area contributed by atoms with Crippen LogP contribution in [0.2, 0.25) is 0 Å². The van der Waals surface area contributed by atoms with Crippen LogP contribution in [0.25, 0.3) is 0 Å². The van der Waals surface area contributed by atoms with Crippen LogP contribution >= 0.6 is 0 Å². The van der Waals surface area contributed by atoms with Crippen molar-refractivity contribution in [3.05, 3.63) is 29.8 Å². The quantitative estimate of drug-likeness (QED) is 0.838. The number of carbonyl (C=O) groups is 1. The maximum Gasteiger partial charge on any atom is 0.231 e. The van der Waals surface area contributed by atoms with Gasteiger partial charge in [0.1, 0.15) is 0 Å². The van der Waals surface area contributed by atoms with E-state index < -0.39 is 0 Å². The number of anilines is 1. The minimum absolute atomic E-state index is 0.155. The SMILES string of the molecule is CC1CCc2ccccc2N1C(=O)[C@H]1CCCNC1. The van der Waals surface area contributed by atoms with Gasteiger partial charge in [0, 0.05) is 18.3 Å². The topological polar surface area (TPSA) is 32.3 Å². The summed E-state index contributed by atoms with van der Waals surface area (Å²) in [6.45, 7) is 4.06. The smallest absolute Gasteiger partial charge is 0.231 e. The van der Waals surface area contributed by atoms with Gasteiger partial charge < -0.3 is 10.2 Å². The lowest BCUT2D eigenvalue weighted by Crippen LogP contribution is -2.48. The Morgan fingerprint density at radius 3 is 2.95 bits per heavy atom. The highest BCUT2D eigenvalue weighted by Gasteiger charge is 2.32. The van der Waals surface area contributed by atoms with E-state index in [-0.39, 0.29) is 5.92 Å². The highest BCUT2D eigenvalue weighted by molar-refractivity contribution is 5.97. The van der Waals surface area contributed by atoms with Crippen LogP contribution < -0.4 is 10.2 Å². The van der Waals surface area contributed by atoms with E-state index in [1.807, 2.05) is 6.07 Å². The number of aryl methyl sites for hydroxylation is 1. The predicted octanol–water partition coefficient (Wildman–Crippen LogP) is 2.35. The molecule has 1 aromatic rings. The molecule has 2 aliphatic heterocycles. The van der Waals surface area contributed by atoms with Crippen molar-refractivity contribution < 1.29 is 4.79 Å². The maximum absolute atomic E-state index is 12.8. The lowest BCUT2D eigenvalue weighted by molar-refractivity contribution is -0.123. The largest absolute Gasteiger partial charge is 0.316 e. The molecular weight excluding hydrogens is 236 g/mol. The van der Waals surface area contributed by atoms with Crippen LogP contribution in [0.5, 0.6) is 0 Å². The Balaban J connectivity index is 1.88. The number of amides is 1. The van der Waals surface area contributed by atoms with Gasteiger partial charge in [0.2, 0.25) is 5.91 Å². The Hall–Kier alpha value is -1.35. The maximum atomic E-state index is 12.8. The molecule has 2 aliphatic rings. The molecule has 2 heterocycles. The summed E-state index contributed by atoms with van der Waals surface area (Å²) in [7, 11) is 0. The molecule has 0 aromatic heterocycles. The number of nitrogens with one attached hydrogen (secondary N) is 1. The van der Waals surface area contributed by atoms with Crippen LogP contribution in [-0.2, 0) is 11.2 Å². The van der Waals surface area contributed by atoms with Gasteiger partial charge in [-0.25, -0.2) is 0 Å². The first-order valence-electron chi connectivity index (χ1n) is 7.39. The molecule has 0 bridgehead atoms. The Labute approximate surface area is 115 Å². The molecule has 1 saturated heterocycles. The van der Waals surface area contributed by atoms with Gasteiger partial charge in [0.05, 0.1) is 5.92 Å². The average Bonchev–Trinajstić information content (AvgIpc) is 2.47. The van der Waals surface area contributed by atoms with Gasteiger partial charge in [-0.2, -0.15) is 0 Å². The van der Waals surface area contributed by atoms with Crippen LogP contribution in [0.15, 0.2) is 24.3 Å².